The number of amides is 6. The normalized spacial score (nSPS) is 27.5. The average molecular weight is 393 g/mol. The van der Waals surface area contributed by atoms with Crippen LogP contribution in [0.4, 0.5) is 9.59 Å². The topological polar surface area (TPSA) is 81.2 Å². The number of benzene rings is 1. The van der Waals surface area contributed by atoms with Crippen LogP contribution in [0.1, 0.15) is 26.3 Å². The number of nitrogens with zero attached hydrogens (tertiary/aromatic N) is 4. The van der Waals surface area contributed by atoms with E-state index < -0.39 is 35.2 Å². The van der Waals surface area contributed by atoms with Gasteiger partial charge >= 0.3 is 12.1 Å². The Bertz CT molecular complexity index is 857. The van der Waals surface area contributed by atoms with Crippen molar-refractivity contribution in [3.8, 4) is 0 Å². The largest absolute Gasteiger partial charge is 0.330 e. The second-order valence-corrected chi connectivity index (χ2v) is 7.55. The van der Waals surface area contributed by atoms with Crippen molar-refractivity contribution in [2.75, 3.05) is 14.1 Å². The lowest BCUT2D eigenvalue weighted by Gasteiger charge is -2.42. The molecule has 2 fully saturated rings. The first-order valence-electron chi connectivity index (χ1n) is 8.41. The van der Waals surface area contributed by atoms with Gasteiger partial charge in [-0.25, -0.2) is 19.4 Å². The molecule has 6 amide bonds. The zero-order valence-corrected chi connectivity index (χ0v) is 16.6. The molecule has 0 N–H and O–H groups in total. The van der Waals surface area contributed by atoms with Gasteiger partial charge in [-0.3, -0.25) is 9.59 Å². The maximum Gasteiger partial charge on any atom is 0.330 e. The molecule has 8 nitrogen and oxygen atoms in total. The van der Waals surface area contributed by atoms with Gasteiger partial charge in [-0.15, -0.1) is 0 Å². The van der Waals surface area contributed by atoms with E-state index >= 15 is 0 Å². The fourth-order valence-corrected chi connectivity index (χ4v) is 4.20. The minimum Gasteiger partial charge on any atom is -0.300 e. The summed E-state index contributed by atoms with van der Waals surface area (Å²) in [6, 6.07) is 5.58. The fourth-order valence-electron chi connectivity index (χ4n) is 4.08. The van der Waals surface area contributed by atoms with Gasteiger partial charge in [-0.1, -0.05) is 23.7 Å². The Morgan fingerprint density at radius 2 is 1.41 bits per heavy atom. The van der Waals surface area contributed by atoms with Crippen LogP contribution in [0.15, 0.2) is 24.3 Å². The molecule has 0 aliphatic carbocycles. The summed E-state index contributed by atoms with van der Waals surface area (Å²) >= 11 is 5.87. The predicted octanol–water partition coefficient (Wildman–Crippen LogP) is 2.12. The van der Waals surface area contributed by atoms with Crippen LogP contribution in [0.5, 0.6) is 0 Å². The third-order valence-electron chi connectivity index (χ3n) is 5.86. The molecule has 3 rings (SSSR count). The summed E-state index contributed by atoms with van der Waals surface area (Å²) in [5, 5.41) is 0.536. The molecule has 2 aliphatic rings. The molecule has 144 valence electrons. The van der Waals surface area contributed by atoms with Crippen molar-refractivity contribution < 1.29 is 19.2 Å². The summed E-state index contributed by atoms with van der Waals surface area (Å²) < 4.78 is 0. The molecule has 0 spiro atoms. The summed E-state index contributed by atoms with van der Waals surface area (Å²) in [6.07, 6.45) is -0.0634. The van der Waals surface area contributed by atoms with Crippen LogP contribution < -0.4 is 0 Å². The Labute approximate surface area is 162 Å². The summed E-state index contributed by atoms with van der Waals surface area (Å²) in [7, 11) is 3.03. The summed E-state index contributed by atoms with van der Waals surface area (Å²) in [5.41, 5.74) is -1.99. The average Bonchev–Trinajstić information content (AvgIpc) is 2.84. The smallest absolute Gasteiger partial charge is 0.300 e. The summed E-state index contributed by atoms with van der Waals surface area (Å²) in [6.45, 7) is 4.48. The number of hydrogen-bond acceptors (Lipinski definition) is 4. The number of fused-ring (bicyclic) bond motifs is 1. The van der Waals surface area contributed by atoms with Crippen LogP contribution in [0.3, 0.4) is 0 Å². The quantitative estimate of drug-likeness (QED) is 0.772. The number of imide groups is 2. The van der Waals surface area contributed by atoms with Crippen molar-refractivity contribution in [3.05, 3.63) is 34.9 Å². The first-order valence-corrected chi connectivity index (χ1v) is 8.79. The lowest BCUT2D eigenvalue weighted by molar-refractivity contribution is -0.145. The molecule has 0 radical (unpaired) electrons. The van der Waals surface area contributed by atoms with Crippen molar-refractivity contribution in [1.82, 2.24) is 19.6 Å². The molecule has 27 heavy (non-hydrogen) atoms. The van der Waals surface area contributed by atoms with Crippen LogP contribution in [0, 0.1) is 0 Å². The molecule has 2 atom stereocenters. The van der Waals surface area contributed by atoms with Gasteiger partial charge in [0.2, 0.25) is 11.8 Å². The Balaban J connectivity index is 2.07. The van der Waals surface area contributed by atoms with Crippen LogP contribution >= 0.6 is 11.6 Å². The van der Waals surface area contributed by atoms with Gasteiger partial charge in [0.25, 0.3) is 0 Å². The molecule has 0 unspecified atom stereocenters. The van der Waals surface area contributed by atoms with Crippen molar-refractivity contribution >= 4 is 35.5 Å². The molecule has 1 aromatic rings. The van der Waals surface area contributed by atoms with E-state index in [2.05, 4.69) is 0 Å². The Kier molecular flexibility index (Phi) is 4.22. The van der Waals surface area contributed by atoms with E-state index in [0.29, 0.717) is 10.6 Å². The lowest BCUT2D eigenvalue weighted by atomic mass is 9.95. The molecule has 0 bridgehead atoms. The number of halogens is 1. The van der Waals surface area contributed by atoms with Crippen molar-refractivity contribution in [2.45, 2.75) is 38.5 Å². The third-order valence-corrected chi connectivity index (χ3v) is 6.12. The first-order chi connectivity index (χ1) is 12.5. The monoisotopic (exact) mass is 392 g/mol. The Morgan fingerprint density at radius 1 is 0.926 bits per heavy atom. The molecule has 0 saturated carbocycles. The molecule has 1 aromatic carbocycles. The van der Waals surface area contributed by atoms with Gasteiger partial charge in [0, 0.05) is 26.0 Å². The molecule has 2 saturated heterocycles. The van der Waals surface area contributed by atoms with Gasteiger partial charge in [-0.2, -0.15) is 0 Å². The highest BCUT2D eigenvalue weighted by molar-refractivity contribution is 6.30. The van der Waals surface area contributed by atoms with Gasteiger partial charge in [0.15, 0.2) is 11.3 Å². The van der Waals surface area contributed by atoms with Crippen LogP contribution in [0.25, 0.3) is 0 Å². The zero-order valence-electron chi connectivity index (χ0n) is 15.8. The number of likely N-dealkylation sites (N-methyl/N-ethyl adjacent to an activating group) is 2. The number of carbonyl (C=O) groups is 4. The highest BCUT2D eigenvalue weighted by Gasteiger charge is 2.75. The van der Waals surface area contributed by atoms with E-state index in [1.165, 1.54) is 30.8 Å². The molecule has 2 aliphatic heterocycles. The van der Waals surface area contributed by atoms with Crippen molar-refractivity contribution in [3.63, 3.8) is 0 Å². The molecule has 2 heterocycles. The SMILES string of the molecule is CC(=O)N1C(=O)N(C)[C@@]2(C)N(C)C(=O)N(C(=O)Cc3ccc(Cl)cc3)[C@@]12C. The number of urea groups is 2. The minimum atomic E-state index is -1.47. The number of rotatable bonds is 2. The second kappa shape index (κ2) is 5.95. The van der Waals surface area contributed by atoms with Crippen molar-refractivity contribution in [1.29, 1.82) is 0 Å². The maximum atomic E-state index is 13.1. The maximum absolute atomic E-state index is 13.1. The molecule has 0 aromatic heterocycles. The van der Waals surface area contributed by atoms with Crippen molar-refractivity contribution in [2.24, 2.45) is 0 Å². The van der Waals surface area contributed by atoms with Crippen LogP contribution in [-0.2, 0) is 16.0 Å². The fraction of sp³-hybridized carbons (Fsp3) is 0.444. The highest BCUT2D eigenvalue weighted by Crippen LogP contribution is 2.50. The number of carbonyl (C=O) groups excluding carboxylic acids is 4. The number of hydrogen-bond donors (Lipinski definition) is 0. The Hall–Kier alpha value is -2.61. The van der Waals surface area contributed by atoms with E-state index in [9.17, 15) is 19.2 Å². The first kappa shape index (κ1) is 19.2. The minimum absolute atomic E-state index is 0.0634. The molecule has 9 heteroatoms. The van der Waals surface area contributed by atoms with Gasteiger partial charge in [0.1, 0.15) is 0 Å². The van der Waals surface area contributed by atoms with Crippen LogP contribution in [0.2, 0.25) is 5.02 Å². The van der Waals surface area contributed by atoms with Gasteiger partial charge < -0.3 is 9.80 Å². The standard InChI is InChI=1S/C18H21ClN4O4/c1-11(24)22-15(26)20(4)17(2)18(22,3)23(16(27)21(17)5)14(25)10-12-6-8-13(19)9-7-12/h6-9H,10H2,1-5H3/t17-,18+/m0/s1. The Morgan fingerprint density at radius 3 is 1.89 bits per heavy atom. The molecular formula is C18H21ClN4O4. The van der Waals surface area contributed by atoms with Crippen LogP contribution in [-0.4, -0.2) is 68.9 Å². The van der Waals surface area contributed by atoms with E-state index in [-0.39, 0.29) is 6.42 Å². The van der Waals surface area contributed by atoms with E-state index in [0.717, 1.165) is 9.80 Å². The third kappa shape index (κ3) is 2.29. The second-order valence-electron chi connectivity index (χ2n) is 7.11. The zero-order chi connectivity index (χ0) is 20.3. The van der Waals surface area contributed by atoms with Gasteiger partial charge in [0.05, 0.1) is 6.42 Å². The van der Waals surface area contributed by atoms with E-state index in [1.807, 2.05) is 0 Å². The predicted molar refractivity (Wildman–Crippen MR) is 97.7 cm³/mol. The molecular weight excluding hydrogens is 372 g/mol. The highest BCUT2D eigenvalue weighted by atomic mass is 35.5. The van der Waals surface area contributed by atoms with E-state index in [4.69, 9.17) is 11.6 Å². The van der Waals surface area contributed by atoms with E-state index in [1.54, 1.807) is 38.1 Å². The summed E-state index contributed by atoms with van der Waals surface area (Å²) in [4.78, 5) is 55.7. The lowest BCUT2D eigenvalue weighted by Crippen LogP contribution is -2.65. The van der Waals surface area contributed by atoms with Gasteiger partial charge in [-0.05, 0) is 31.5 Å². The summed E-state index contributed by atoms with van der Waals surface area (Å²) in [5.74, 6) is -1.04.